The zero-order chi connectivity index (χ0) is 21.7. The van der Waals surface area contributed by atoms with E-state index in [1.165, 1.54) is 0 Å². The third-order valence-electron chi connectivity index (χ3n) is 5.94. The number of allylic oxidation sites excluding steroid dienone is 2. The van der Waals surface area contributed by atoms with Crippen LogP contribution in [0.4, 0.5) is 0 Å². The van der Waals surface area contributed by atoms with Gasteiger partial charge in [0.05, 0.1) is 10.0 Å². The van der Waals surface area contributed by atoms with Crippen LogP contribution < -0.4 is 0 Å². The lowest BCUT2D eigenvalue weighted by Crippen LogP contribution is -2.34. The average molecular weight is 451 g/mol. The van der Waals surface area contributed by atoms with E-state index >= 15 is 0 Å². The molecule has 5 rings (SSSR count). The summed E-state index contributed by atoms with van der Waals surface area (Å²) >= 11 is 12.4. The highest BCUT2D eigenvalue weighted by atomic mass is 35.5. The third-order valence-corrected chi connectivity index (χ3v) is 6.67. The Balaban J connectivity index is 1.76. The van der Waals surface area contributed by atoms with E-state index in [9.17, 15) is 14.9 Å². The summed E-state index contributed by atoms with van der Waals surface area (Å²) in [5.41, 5.74) is 3.93. The molecular formula is C24H16Cl2N2O3. The molecule has 154 valence electrons. The molecule has 7 heteroatoms. The maximum Gasteiger partial charge on any atom is 0.236 e. The first-order valence-electron chi connectivity index (χ1n) is 9.93. The number of carbonyl (C=O) groups excluding carboxylic acids is 2. The Morgan fingerprint density at radius 1 is 0.968 bits per heavy atom. The molecule has 2 heterocycles. The number of ether oxygens (including phenoxy) is 1. The highest BCUT2D eigenvalue weighted by Crippen LogP contribution is 2.49. The summed E-state index contributed by atoms with van der Waals surface area (Å²) in [6.45, 7) is 0. The van der Waals surface area contributed by atoms with E-state index in [0.29, 0.717) is 22.2 Å². The van der Waals surface area contributed by atoms with Gasteiger partial charge in [-0.25, -0.2) is 4.90 Å². The van der Waals surface area contributed by atoms with Gasteiger partial charge in [0.25, 0.3) is 0 Å². The van der Waals surface area contributed by atoms with Crippen LogP contribution in [0.3, 0.4) is 0 Å². The van der Waals surface area contributed by atoms with Crippen molar-refractivity contribution in [2.45, 2.75) is 31.6 Å². The van der Waals surface area contributed by atoms with E-state index in [1.807, 2.05) is 30.3 Å². The molecule has 3 aliphatic rings. The molecule has 0 bridgehead atoms. The number of hydrogen-bond donors (Lipinski definition) is 0. The number of amides is 2. The SMILES string of the molecule is N#CC1=C(N2C(=O)CCC2=O)OC2=C(CCc3ccccc32)C1c1ccc(Cl)c(Cl)c1. The van der Waals surface area contributed by atoms with Crippen molar-refractivity contribution in [3.8, 4) is 6.07 Å². The van der Waals surface area contributed by atoms with Crippen LogP contribution in [0, 0.1) is 11.3 Å². The minimum Gasteiger partial charge on any atom is -0.439 e. The molecule has 5 nitrogen and oxygen atoms in total. The molecule has 31 heavy (non-hydrogen) atoms. The van der Waals surface area contributed by atoms with Gasteiger partial charge >= 0.3 is 0 Å². The standard InChI is InChI=1S/C24H16Cl2N2O3/c25-18-8-6-14(11-19(18)26)22-16-7-5-13-3-1-2-4-15(13)23(16)31-24(17(22)12-27)28-20(29)9-10-21(28)30/h1-4,6,8,11,22H,5,7,9-10H2. The number of carbonyl (C=O) groups is 2. The normalized spacial score (nSPS) is 20.4. The van der Waals surface area contributed by atoms with Crippen LogP contribution in [0.2, 0.25) is 10.0 Å². The molecule has 1 fully saturated rings. The lowest BCUT2D eigenvalue weighted by atomic mass is 9.76. The maximum atomic E-state index is 12.5. The molecule has 0 spiro atoms. The smallest absolute Gasteiger partial charge is 0.236 e. The van der Waals surface area contributed by atoms with Gasteiger partial charge in [-0.3, -0.25) is 9.59 Å². The molecule has 0 aromatic heterocycles. The monoisotopic (exact) mass is 450 g/mol. The molecule has 1 unspecified atom stereocenters. The number of rotatable bonds is 2. The molecule has 1 atom stereocenters. The molecule has 1 saturated heterocycles. The van der Waals surface area contributed by atoms with Crippen LogP contribution in [0.15, 0.2) is 59.5 Å². The van der Waals surface area contributed by atoms with Gasteiger partial charge in [0, 0.05) is 24.3 Å². The van der Waals surface area contributed by atoms with Crippen LogP contribution in [0.1, 0.15) is 41.9 Å². The summed E-state index contributed by atoms with van der Waals surface area (Å²) < 4.78 is 6.21. The highest BCUT2D eigenvalue weighted by Gasteiger charge is 2.43. The van der Waals surface area contributed by atoms with Crippen LogP contribution in [0.25, 0.3) is 5.76 Å². The molecule has 1 aliphatic carbocycles. The van der Waals surface area contributed by atoms with E-state index in [2.05, 4.69) is 6.07 Å². The predicted molar refractivity (Wildman–Crippen MR) is 116 cm³/mol. The number of fused-ring (bicyclic) bond motifs is 2. The van der Waals surface area contributed by atoms with Gasteiger partial charge in [0.2, 0.25) is 17.7 Å². The minimum absolute atomic E-state index is 0.00141. The largest absolute Gasteiger partial charge is 0.439 e. The number of benzene rings is 2. The van der Waals surface area contributed by atoms with Gasteiger partial charge in [-0.2, -0.15) is 5.26 Å². The van der Waals surface area contributed by atoms with Gasteiger partial charge < -0.3 is 4.74 Å². The van der Waals surface area contributed by atoms with Gasteiger partial charge in [-0.05, 0) is 41.7 Å². The third kappa shape index (κ3) is 3.15. The van der Waals surface area contributed by atoms with Crippen LogP contribution >= 0.6 is 23.2 Å². The number of hydrogen-bond acceptors (Lipinski definition) is 4. The van der Waals surface area contributed by atoms with Gasteiger partial charge in [-0.15, -0.1) is 0 Å². The van der Waals surface area contributed by atoms with E-state index in [1.54, 1.807) is 12.1 Å². The first-order chi connectivity index (χ1) is 15.0. The number of nitrogens with zero attached hydrogens (tertiary/aromatic N) is 2. The van der Waals surface area contributed by atoms with Gasteiger partial charge in [0.15, 0.2) is 0 Å². The summed E-state index contributed by atoms with van der Waals surface area (Å²) in [5.74, 6) is -0.628. The van der Waals surface area contributed by atoms with Gasteiger partial charge in [0.1, 0.15) is 17.4 Å². The Hall–Kier alpha value is -3.07. The Morgan fingerprint density at radius 2 is 1.71 bits per heavy atom. The summed E-state index contributed by atoms with van der Waals surface area (Å²) in [4.78, 5) is 26.1. The number of aryl methyl sites for hydroxylation is 1. The Labute approximate surface area is 189 Å². The molecule has 2 aliphatic heterocycles. The minimum atomic E-state index is -0.493. The van der Waals surface area contributed by atoms with Crippen molar-refractivity contribution in [3.05, 3.63) is 86.2 Å². The fraction of sp³-hybridized carbons (Fsp3) is 0.208. The quantitative estimate of drug-likeness (QED) is 0.578. The summed E-state index contributed by atoms with van der Waals surface area (Å²) in [6, 6.07) is 15.3. The van der Waals surface area contributed by atoms with Crippen molar-refractivity contribution in [2.24, 2.45) is 0 Å². The summed E-state index contributed by atoms with van der Waals surface area (Å²) in [7, 11) is 0. The van der Waals surface area contributed by atoms with Crippen LogP contribution in [-0.2, 0) is 20.7 Å². The molecule has 2 aromatic rings. The molecule has 0 radical (unpaired) electrons. The summed E-state index contributed by atoms with van der Waals surface area (Å²) in [6.07, 6.45) is 1.68. The zero-order valence-corrected chi connectivity index (χ0v) is 17.8. The first kappa shape index (κ1) is 19.9. The van der Waals surface area contributed by atoms with E-state index < -0.39 is 5.92 Å². The average Bonchev–Trinajstić information content (AvgIpc) is 3.12. The van der Waals surface area contributed by atoms with E-state index in [0.717, 1.165) is 33.6 Å². The van der Waals surface area contributed by atoms with Crippen molar-refractivity contribution in [2.75, 3.05) is 0 Å². The van der Waals surface area contributed by atoms with Crippen LogP contribution in [0.5, 0.6) is 0 Å². The Bertz CT molecular complexity index is 1240. The number of nitriles is 1. The van der Waals surface area contributed by atoms with Crippen molar-refractivity contribution >= 4 is 40.8 Å². The second-order valence-electron chi connectivity index (χ2n) is 7.67. The number of imide groups is 1. The Morgan fingerprint density at radius 3 is 2.42 bits per heavy atom. The number of halogens is 2. The molecule has 0 saturated carbocycles. The van der Waals surface area contributed by atoms with E-state index in [4.69, 9.17) is 27.9 Å². The molecule has 2 aromatic carbocycles. The maximum absolute atomic E-state index is 12.5. The predicted octanol–water partition coefficient (Wildman–Crippen LogP) is 5.35. The first-order valence-corrected chi connectivity index (χ1v) is 10.7. The second kappa shape index (κ2) is 7.56. The van der Waals surface area contributed by atoms with Crippen molar-refractivity contribution in [3.63, 3.8) is 0 Å². The van der Waals surface area contributed by atoms with Crippen molar-refractivity contribution in [1.29, 1.82) is 5.26 Å². The fourth-order valence-electron chi connectivity index (χ4n) is 4.50. The lowest BCUT2D eigenvalue weighted by Gasteiger charge is -2.35. The molecule has 2 amide bonds. The fourth-order valence-corrected chi connectivity index (χ4v) is 4.81. The summed E-state index contributed by atoms with van der Waals surface area (Å²) in [5, 5.41) is 10.9. The zero-order valence-electron chi connectivity index (χ0n) is 16.3. The Kier molecular flexibility index (Phi) is 4.85. The van der Waals surface area contributed by atoms with Gasteiger partial charge in [-0.1, -0.05) is 53.5 Å². The van der Waals surface area contributed by atoms with E-state index in [-0.39, 0.29) is 36.1 Å². The molecule has 0 N–H and O–H groups in total. The van der Waals surface area contributed by atoms with Crippen LogP contribution in [-0.4, -0.2) is 16.7 Å². The highest BCUT2D eigenvalue weighted by molar-refractivity contribution is 6.42. The topological polar surface area (TPSA) is 70.4 Å². The van der Waals surface area contributed by atoms with Crippen molar-refractivity contribution in [1.82, 2.24) is 4.90 Å². The molecular weight excluding hydrogens is 435 g/mol. The lowest BCUT2D eigenvalue weighted by molar-refractivity contribution is -0.138. The number of likely N-dealkylation sites (tertiary alicyclic amines) is 1. The van der Waals surface area contributed by atoms with Crippen molar-refractivity contribution < 1.29 is 14.3 Å². The second-order valence-corrected chi connectivity index (χ2v) is 8.49.